The Kier molecular flexibility index (Phi) is 3.94. The summed E-state index contributed by atoms with van der Waals surface area (Å²) in [7, 11) is 0. The van der Waals surface area contributed by atoms with Gasteiger partial charge in [-0.05, 0) is 37.8 Å². The molecule has 2 N–H and O–H groups in total. The van der Waals surface area contributed by atoms with Crippen molar-refractivity contribution < 1.29 is 9.32 Å². The Morgan fingerprint density at radius 1 is 1.19 bits per heavy atom. The number of nitrogens with one attached hydrogen (secondary N) is 2. The van der Waals surface area contributed by atoms with E-state index in [0.717, 1.165) is 32.2 Å². The van der Waals surface area contributed by atoms with E-state index in [0.29, 0.717) is 29.4 Å². The fourth-order valence-electron chi connectivity index (χ4n) is 4.55. The van der Waals surface area contributed by atoms with Crippen LogP contribution >= 0.6 is 0 Å². The molecule has 3 fully saturated rings. The fraction of sp³-hybridized carbons (Fsp3) is 0.556. The second-order valence-corrected chi connectivity index (χ2v) is 7.33. The van der Waals surface area contributed by atoms with E-state index in [9.17, 15) is 4.79 Å². The standard InChI is InChI=1S/C18H22N6O2/c25-18(15-11-5-3-7-12(11)21-22-15)24-10-4-8-14(24)17-20-16(23-26-17)13-6-1-2-9-19-13/h1-2,6,9,11-12,14-15,21-22H,3-5,7-8,10H2. The molecule has 136 valence electrons. The normalized spacial score (nSPS) is 30.7. The van der Waals surface area contributed by atoms with Crippen LogP contribution in [0.25, 0.3) is 11.5 Å². The van der Waals surface area contributed by atoms with E-state index >= 15 is 0 Å². The monoisotopic (exact) mass is 354 g/mol. The maximum atomic E-state index is 13.2. The van der Waals surface area contributed by atoms with Gasteiger partial charge in [-0.3, -0.25) is 15.2 Å². The molecule has 1 saturated carbocycles. The average molecular weight is 354 g/mol. The molecule has 0 bridgehead atoms. The first kappa shape index (κ1) is 15.9. The molecule has 3 aliphatic rings. The van der Waals surface area contributed by atoms with Crippen molar-refractivity contribution in [1.29, 1.82) is 0 Å². The Bertz CT molecular complexity index is 794. The highest BCUT2D eigenvalue weighted by Gasteiger charge is 2.46. The van der Waals surface area contributed by atoms with Gasteiger partial charge in [0, 0.05) is 24.7 Å². The molecule has 4 heterocycles. The van der Waals surface area contributed by atoms with Crippen LogP contribution in [0.3, 0.4) is 0 Å². The summed E-state index contributed by atoms with van der Waals surface area (Å²) in [4.78, 5) is 23.9. The number of hydrogen-bond acceptors (Lipinski definition) is 7. The molecule has 8 heteroatoms. The van der Waals surface area contributed by atoms with Crippen LogP contribution in [-0.4, -0.2) is 44.6 Å². The molecule has 4 atom stereocenters. The highest BCUT2D eigenvalue weighted by atomic mass is 16.5. The summed E-state index contributed by atoms with van der Waals surface area (Å²) < 4.78 is 5.50. The maximum absolute atomic E-state index is 13.2. The number of fused-ring (bicyclic) bond motifs is 1. The molecule has 2 aromatic rings. The largest absolute Gasteiger partial charge is 0.337 e. The van der Waals surface area contributed by atoms with Gasteiger partial charge in [-0.25, -0.2) is 5.43 Å². The number of pyridine rings is 1. The lowest BCUT2D eigenvalue weighted by Crippen LogP contribution is -2.47. The van der Waals surface area contributed by atoms with Crippen molar-refractivity contribution in [3.05, 3.63) is 30.3 Å². The summed E-state index contributed by atoms with van der Waals surface area (Å²) in [6.07, 6.45) is 6.93. The van der Waals surface area contributed by atoms with Crippen molar-refractivity contribution >= 4 is 5.91 Å². The average Bonchev–Trinajstić information content (AvgIpc) is 3.45. The molecule has 2 aromatic heterocycles. The van der Waals surface area contributed by atoms with Crippen LogP contribution in [0, 0.1) is 5.92 Å². The van der Waals surface area contributed by atoms with Crippen molar-refractivity contribution in [2.24, 2.45) is 5.92 Å². The van der Waals surface area contributed by atoms with Crippen molar-refractivity contribution in [1.82, 2.24) is 30.9 Å². The first-order chi connectivity index (χ1) is 12.8. The summed E-state index contributed by atoms with van der Waals surface area (Å²) in [5.74, 6) is 1.50. The van der Waals surface area contributed by atoms with Crippen LogP contribution in [0.15, 0.2) is 28.9 Å². The van der Waals surface area contributed by atoms with Gasteiger partial charge in [0.25, 0.3) is 0 Å². The molecule has 2 aliphatic heterocycles. The van der Waals surface area contributed by atoms with E-state index in [4.69, 9.17) is 4.52 Å². The van der Waals surface area contributed by atoms with E-state index in [1.807, 2.05) is 23.1 Å². The van der Waals surface area contributed by atoms with E-state index in [1.165, 1.54) is 6.42 Å². The molecular formula is C18H22N6O2. The lowest BCUT2D eigenvalue weighted by atomic mass is 9.96. The summed E-state index contributed by atoms with van der Waals surface area (Å²) in [5.41, 5.74) is 7.19. The Balaban J connectivity index is 1.36. The van der Waals surface area contributed by atoms with Crippen LogP contribution in [0.2, 0.25) is 0 Å². The zero-order valence-electron chi connectivity index (χ0n) is 14.5. The Morgan fingerprint density at radius 2 is 2.15 bits per heavy atom. The topological polar surface area (TPSA) is 96.2 Å². The van der Waals surface area contributed by atoms with Crippen LogP contribution < -0.4 is 10.9 Å². The summed E-state index contributed by atoms with van der Waals surface area (Å²) in [6, 6.07) is 5.71. The van der Waals surface area contributed by atoms with Crippen LogP contribution in [0.1, 0.15) is 44.0 Å². The van der Waals surface area contributed by atoms with E-state index in [1.54, 1.807) is 6.20 Å². The molecule has 1 amide bonds. The van der Waals surface area contributed by atoms with Gasteiger partial charge >= 0.3 is 0 Å². The van der Waals surface area contributed by atoms with Crippen molar-refractivity contribution in [3.63, 3.8) is 0 Å². The van der Waals surface area contributed by atoms with Crippen LogP contribution in [0.4, 0.5) is 0 Å². The minimum absolute atomic E-state index is 0.144. The number of carbonyl (C=O) groups is 1. The van der Waals surface area contributed by atoms with Gasteiger partial charge in [-0.1, -0.05) is 17.6 Å². The third kappa shape index (κ3) is 2.60. The van der Waals surface area contributed by atoms with Gasteiger partial charge in [-0.2, -0.15) is 4.98 Å². The van der Waals surface area contributed by atoms with Crippen molar-refractivity contribution in [2.75, 3.05) is 6.54 Å². The van der Waals surface area contributed by atoms with Gasteiger partial charge in [0.15, 0.2) is 0 Å². The summed E-state index contributed by atoms with van der Waals surface area (Å²) >= 11 is 0. The number of amides is 1. The minimum Gasteiger partial charge on any atom is -0.337 e. The maximum Gasteiger partial charge on any atom is 0.249 e. The van der Waals surface area contributed by atoms with Gasteiger partial charge in [0.05, 0.1) is 0 Å². The van der Waals surface area contributed by atoms with Gasteiger partial charge in [0.2, 0.25) is 17.6 Å². The van der Waals surface area contributed by atoms with Crippen molar-refractivity contribution in [2.45, 2.75) is 50.2 Å². The molecule has 0 aromatic carbocycles. The zero-order valence-corrected chi connectivity index (χ0v) is 14.5. The van der Waals surface area contributed by atoms with Crippen molar-refractivity contribution in [3.8, 4) is 11.5 Å². The Morgan fingerprint density at radius 3 is 3.04 bits per heavy atom. The van der Waals surface area contributed by atoms with E-state index in [-0.39, 0.29) is 18.0 Å². The number of likely N-dealkylation sites (tertiary alicyclic amines) is 1. The fourth-order valence-corrected chi connectivity index (χ4v) is 4.55. The smallest absolute Gasteiger partial charge is 0.249 e. The molecule has 0 radical (unpaired) electrons. The SMILES string of the molecule is O=C(C1NNC2CCCC21)N1CCCC1c1nc(-c2ccccn2)no1. The molecule has 8 nitrogen and oxygen atoms in total. The number of hydrogen-bond donors (Lipinski definition) is 2. The van der Waals surface area contributed by atoms with E-state index in [2.05, 4.69) is 26.0 Å². The lowest BCUT2D eigenvalue weighted by Gasteiger charge is -2.27. The summed E-state index contributed by atoms with van der Waals surface area (Å²) in [6.45, 7) is 0.736. The molecule has 5 rings (SSSR count). The van der Waals surface area contributed by atoms with Gasteiger partial charge < -0.3 is 9.42 Å². The third-order valence-electron chi connectivity index (χ3n) is 5.84. The van der Waals surface area contributed by atoms with Crippen LogP contribution in [0.5, 0.6) is 0 Å². The number of nitrogens with zero attached hydrogens (tertiary/aromatic N) is 4. The van der Waals surface area contributed by atoms with Gasteiger partial charge in [0.1, 0.15) is 17.8 Å². The minimum atomic E-state index is -0.152. The molecule has 2 saturated heterocycles. The highest BCUT2D eigenvalue weighted by molar-refractivity contribution is 5.83. The number of rotatable bonds is 3. The highest BCUT2D eigenvalue weighted by Crippen LogP contribution is 2.36. The van der Waals surface area contributed by atoms with Crippen LogP contribution in [-0.2, 0) is 4.79 Å². The second kappa shape index (κ2) is 6.44. The molecule has 26 heavy (non-hydrogen) atoms. The number of aromatic nitrogens is 3. The summed E-state index contributed by atoms with van der Waals surface area (Å²) in [5, 5.41) is 4.06. The molecule has 0 spiro atoms. The zero-order chi connectivity index (χ0) is 17.5. The number of hydrazine groups is 1. The molecule has 4 unspecified atom stereocenters. The van der Waals surface area contributed by atoms with Gasteiger partial charge in [-0.15, -0.1) is 0 Å². The first-order valence-corrected chi connectivity index (χ1v) is 9.38. The molecular weight excluding hydrogens is 332 g/mol. The molecule has 1 aliphatic carbocycles. The number of carbonyl (C=O) groups excluding carboxylic acids is 1. The Hall–Kier alpha value is -2.32. The first-order valence-electron chi connectivity index (χ1n) is 9.38. The second-order valence-electron chi connectivity index (χ2n) is 7.33. The predicted molar refractivity (Wildman–Crippen MR) is 92.4 cm³/mol. The predicted octanol–water partition coefficient (Wildman–Crippen LogP) is 1.44. The third-order valence-corrected chi connectivity index (χ3v) is 5.84. The Labute approximate surface area is 151 Å². The lowest BCUT2D eigenvalue weighted by molar-refractivity contribution is -0.135. The quantitative estimate of drug-likeness (QED) is 0.861. The van der Waals surface area contributed by atoms with E-state index < -0.39 is 0 Å².